The molecule has 1 aliphatic rings. The van der Waals surface area contributed by atoms with Crippen molar-refractivity contribution in [3.63, 3.8) is 0 Å². The largest absolute Gasteiger partial charge is 0.508 e. The van der Waals surface area contributed by atoms with Crippen LogP contribution in [0.4, 0.5) is 0 Å². The van der Waals surface area contributed by atoms with Crippen molar-refractivity contribution in [2.45, 2.75) is 45.1 Å². The molecule has 3 heteroatoms. The van der Waals surface area contributed by atoms with Gasteiger partial charge in [0, 0.05) is 18.2 Å². The van der Waals surface area contributed by atoms with E-state index in [1.54, 1.807) is 24.3 Å². The minimum atomic E-state index is 0.0874. The van der Waals surface area contributed by atoms with Gasteiger partial charge in [-0.2, -0.15) is 0 Å². The van der Waals surface area contributed by atoms with Crippen molar-refractivity contribution >= 4 is 5.91 Å². The van der Waals surface area contributed by atoms with E-state index in [0.29, 0.717) is 11.6 Å². The lowest BCUT2D eigenvalue weighted by Crippen LogP contribution is -2.41. The second-order valence-electron chi connectivity index (χ2n) is 4.93. The molecule has 1 saturated carbocycles. The van der Waals surface area contributed by atoms with Gasteiger partial charge in [0.15, 0.2) is 0 Å². The standard InChI is InChI=1S/C15H21NO2/c1-2-16(13-6-4-3-5-7-13)15(18)12-8-10-14(17)11-9-12/h8-11,13,17H,2-7H2,1H3. The zero-order chi connectivity index (χ0) is 13.0. The molecule has 1 aromatic rings. The first kappa shape index (κ1) is 12.9. The summed E-state index contributed by atoms with van der Waals surface area (Å²) in [5, 5.41) is 9.26. The van der Waals surface area contributed by atoms with Crippen LogP contribution in [0.1, 0.15) is 49.4 Å². The maximum absolute atomic E-state index is 12.4. The Morgan fingerprint density at radius 3 is 2.39 bits per heavy atom. The first-order valence-corrected chi connectivity index (χ1v) is 6.82. The molecule has 0 heterocycles. The van der Waals surface area contributed by atoms with E-state index >= 15 is 0 Å². The minimum Gasteiger partial charge on any atom is -0.508 e. The third kappa shape index (κ3) is 2.84. The summed E-state index contributed by atoms with van der Waals surface area (Å²) in [4.78, 5) is 14.4. The number of nitrogens with zero attached hydrogens (tertiary/aromatic N) is 1. The molecule has 1 amide bonds. The van der Waals surface area contributed by atoms with Crippen LogP contribution in [0.3, 0.4) is 0 Å². The smallest absolute Gasteiger partial charge is 0.254 e. The van der Waals surface area contributed by atoms with E-state index in [1.165, 1.54) is 19.3 Å². The van der Waals surface area contributed by atoms with Crippen LogP contribution in [-0.2, 0) is 0 Å². The van der Waals surface area contributed by atoms with Crippen LogP contribution in [-0.4, -0.2) is 28.5 Å². The number of phenols is 1. The Morgan fingerprint density at radius 1 is 1.22 bits per heavy atom. The molecule has 0 atom stereocenters. The summed E-state index contributed by atoms with van der Waals surface area (Å²) in [6, 6.07) is 6.93. The summed E-state index contributed by atoms with van der Waals surface area (Å²) in [6.07, 6.45) is 5.99. The molecule has 18 heavy (non-hydrogen) atoms. The van der Waals surface area contributed by atoms with Crippen LogP contribution in [0.15, 0.2) is 24.3 Å². The molecular formula is C15H21NO2. The Hall–Kier alpha value is -1.51. The van der Waals surface area contributed by atoms with Gasteiger partial charge in [-0.15, -0.1) is 0 Å². The summed E-state index contributed by atoms with van der Waals surface area (Å²) < 4.78 is 0. The molecule has 2 rings (SSSR count). The summed E-state index contributed by atoms with van der Waals surface area (Å²) in [6.45, 7) is 2.79. The third-order valence-corrected chi connectivity index (χ3v) is 3.73. The Balaban J connectivity index is 2.11. The molecule has 0 unspecified atom stereocenters. The van der Waals surface area contributed by atoms with Gasteiger partial charge in [0.25, 0.3) is 5.91 Å². The van der Waals surface area contributed by atoms with Gasteiger partial charge in [0.2, 0.25) is 0 Å². The van der Waals surface area contributed by atoms with Gasteiger partial charge in [-0.1, -0.05) is 19.3 Å². The van der Waals surface area contributed by atoms with E-state index in [2.05, 4.69) is 0 Å². The molecule has 0 bridgehead atoms. The normalized spacial score (nSPS) is 16.5. The Labute approximate surface area is 108 Å². The zero-order valence-electron chi connectivity index (χ0n) is 10.9. The summed E-state index contributed by atoms with van der Waals surface area (Å²) >= 11 is 0. The first-order chi connectivity index (χ1) is 8.72. The van der Waals surface area contributed by atoms with Gasteiger partial charge in [-0.05, 0) is 44.0 Å². The number of carbonyl (C=O) groups excluding carboxylic acids is 1. The Bertz CT molecular complexity index is 393. The fourth-order valence-corrected chi connectivity index (χ4v) is 2.73. The fourth-order valence-electron chi connectivity index (χ4n) is 2.73. The lowest BCUT2D eigenvalue weighted by molar-refractivity contribution is 0.0648. The van der Waals surface area contributed by atoms with Crippen molar-refractivity contribution in [3.05, 3.63) is 29.8 Å². The number of rotatable bonds is 3. The zero-order valence-corrected chi connectivity index (χ0v) is 10.9. The molecule has 1 aliphatic carbocycles. The molecule has 0 aliphatic heterocycles. The molecule has 0 spiro atoms. The molecule has 98 valence electrons. The Kier molecular flexibility index (Phi) is 4.24. The molecule has 1 N–H and O–H groups in total. The van der Waals surface area contributed by atoms with Gasteiger partial charge in [-0.25, -0.2) is 0 Å². The number of hydrogen-bond acceptors (Lipinski definition) is 2. The number of phenolic OH excluding ortho intramolecular Hbond substituents is 1. The van der Waals surface area contributed by atoms with Crippen molar-refractivity contribution in [2.75, 3.05) is 6.54 Å². The highest BCUT2D eigenvalue weighted by molar-refractivity contribution is 5.94. The molecular weight excluding hydrogens is 226 g/mol. The number of benzene rings is 1. The highest BCUT2D eigenvalue weighted by Gasteiger charge is 2.24. The van der Waals surface area contributed by atoms with Crippen LogP contribution in [0.2, 0.25) is 0 Å². The van der Waals surface area contributed by atoms with Crippen LogP contribution in [0, 0.1) is 0 Å². The van der Waals surface area contributed by atoms with E-state index in [4.69, 9.17) is 0 Å². The lowest BCUT2D eigenvalue weighted by atomic mass is 9.93. The fraction of sp³-hybridized carbons (Fsp3) is 0.533. The summed E-state index contributed by atoms with van der Waals surface area (Å²) in [5.41, 5.74) is 0.667. The number of carbonyl (C=O) groups is 1. The lowest BCUT2D eigenvalue weighted by Gasteiger charge is -2.33. The second-order valence-corrected chi connectivity index (χ2v) is 4.93. The minimum absolute atomic E-state index is 0.0874. The van der Waals surface area contributed by atoms with Crippen LogP contribution in [0.25, 0.3) is 0 Å². The number of aromatic hydroxyl groups is 1. The van der Waals surface area contributed by atoms with Crippen molar-refractivity contribution < 1.29 is 9.90 Å². The Morgan fingerprint density at radius 2 is 1.83 bits per heavy atom. The molecule has 0 aromatic heterocycles. The first-order valence-electron chi connectivity index (χ1n) is 6.82. The maximum atomic E-state index is 12.4. The third-order valence-electron chi connectivity index (χ3n) is 3.73. The SMILES string of the molecule is CCN(C(=O)c1ccc(O)cc1)C1CCCCC1. The van der Waals surface area contributed by atoms with Gasteiger partial charge in [-0.3, -0.25) is 4.79 Å². The van der Waals surface area contributed by atoms with Gasteiger partial charge in [0.1, 0.15) is 5.75 Å². The van der Waals surface area contributed by atoms with Crippen molar-refractivity contribution in [2.24, 2.45) is 0 Å². The molecule has 0 radical (unpaired) electrons. The average Bonchev–Trinajstić information content (AvgIpc) is 2.41. The van der Waals surface area contributed by atoms with E-state index in [0.717, 1.165) is 19.4 Å². The topological polar surface area (TPSA) is 40.5 Å². The van der Waals surface area contributed by atoms with Crippen LogP contribution in [0.5, 0.6) is 5.75 Å². The quantitative estimate of drug-likeness (QED) is 0.891. The highest BCUT2D eigenvalue weighted by atomic mass is 16.3. The van der Waals surface area contributed by atoms with Gasteiger partial charge < -0.3 is 10.0 Å². The van der Waals surface area contributed by atoms with Gasteiger partial charge in [0.05, 0.1) is 0 Å². The molecule has 0 saturated heterocycles. The second kappa shape index (κ2) is 5.89. The van der Waals surface area contributed by atoms with Crippen LogP contribution < -0.4 is 0 Å². The van der Waals surface area contributed by atoms with E-state index in [-0.39, 0.29) is 11.7 Å². The highest BCUT2D eigenvalue weighted by Crippen LogP contribution is 2.24. The summed E-state index contributed by atoms with van der Waals surface area (Å²) in [5.74, 6) is 0.289. The van der Waals surface area contributed by atoms with E-state index in [1.807, 2.05) is 11.8 Å². The molecule has 1 fully saturated rings. The monoisotopic (exact) mass is 247 g/mol. The predicted molar refractivity (Wildman–Crippen MR) is 71.7 cm³/mol. The number of hydrogen-bond donors (Lipinski definition) is 1. The van der Waals surface area contributed by atoms with Gasteiger partial charge >= 0.3 is 0 Å². The van der Waals surface area contributed by atoms with E-state index in [9.17, 15) is 9.90 Å². The molecule has 1 aromatic carbocycles. The number of amides is 1. The molecule has 3 nitrogen and oxygen atoms in total. The average molecular weight is 247 g/mol. The van der Waals surface area contributed by atoms with Crippen molar-refractivity contribution in [3.8, 4) is 5.75 Å². The predicted octanol–water partition coefficient (Wildman–Crippen LogP) is 3.19. The van der Waals surface area contributed by atoms with Crippen LogP contribution >= 0.6 is 0 Å². The maximum Gasteiger partial charge on any atom is 0.254 e. The van der Waals surface area contributed by atoms with Crippen molar-refractivity contribution in [1.29, 1.82) is 0 Å². The summed E-state index contributed by atoms with van der Waals surface area (Å²) in [7, 11) is 0. The van der Waals surface area contributed by atoms with Crippen molar-refractivity contribution in [1.82, 2.24) is 4.90 Å². The van der Waals surface area contributed by atoms with E-state index < -0.39 is 0 Å².